The lowest BCUT2D eigenvalue weighted by atomic mass is 10.0. The number of amides is 3. The summed E-state index contributed by atoms with van der Waals surface area (Å²) in [6, 6.07) is 19.8. The maximum atomic E-state index is 12.8. The second-order valence-corrected chi connectivity index (χ2v) is 8.77. The predicted octanol–water partition coefficient (Wildman–Crippen LogP) is 3.23. The molecule has 0 saturated carbocycles. The first-order chi connectivity index (χ1) is 15.8. The highest BCUT2D eigenvalue weighted by atomic mass is 32.2. The molecule has 0 spiro atoms. The van der Waals surface area contributed by atoms with Crippen molar-refractivity contribution in [3.05, 3.63) is 84.4 Å². The molecule has 172 valence electrons. The quantitative estimate of drug-likeness (QED) is 0.382. The van der Waals surface area contributed by atoms with Gasteiger partial charge in [-0.15, -0.1) is 0 Å². The minimum absolute atomic E-state index is 0.0222. The van der Waals surface area contributed by atoms with E-state index in [2.05, 4.69) is 15.4 Å². The number of carbonyl (C=O) groups is 2. The third-order valence-corrected chi connectivity index (χ3v) is 6.06. The van der Waals surface area contributed by atoms with E-state index >= 15 is 0 Å². The van der Waals surface area contributed by atoms with Crippen molar-refractivity contribution in [1.82, 2.24) is 5.32 Å². The number of ether oxygens (including phenoxy) is 1. The van der Waals surface area contributed by atoms with Crippen LogP contribution >= 0.6 is 0 Å². The summed E-state index contributed by atoms with van der Waals surface area (Å²) in [5.41, 5.74) is 6.62. The number of nitrogens with two attached hydrogens (primary N) is 1. The van der Waals surface area contributed by atoms with E-state index in [9.17, 15) is 18.0 Å². The molecule has 1 unspecified atom stereocenters. The summed E-state index contributed by atoms with van der Waals surface area (Å²) in [5.74, 6) is 0.178. The number of benzene rings is 3. The van der Waals surface area contributed by atoms with Crippen molar-refractivity contribution in [2.45, 2.75) is 17.4 Å². The van der Waals surface area contributed by atoms with Gasteiger partial charge in [-0.1, -0.05) is 36.4 Å². The molecule has 9 nitrogen and oxygen atoms in total. The lowest BCUT2D eigenvalue weighted by Gasteiger charge is -2.18. The molecule has 0 aliphatic heterocycles. The van der Waals surface area contributed by atoms with Crippen LogP contribution in [0.3, 0.4) is 0 Å². The summed E-state index contributed by atoms with van der Waals surface area (Å²) in [7, 11) is -2.37. The van der Waals surface area contributed by atoms with Gasteiger partial charge in [-0.05, 0) is 48.0 Å². The van der Waals surface area contributed by atoms with E-state index in [0.29, 0.717) is 22.7 Å². The molecule has 0 aliphatic rings. The van der Waals surface area contributed by atoms with Crippen LogP contribution in [0.15, 0.2) is 83.8 Å². The molecule has 3 rings (SSSR count). The van der Waals surface area contributed by atoms with Gasteiger partial charge in [-0.2, -0.15) is 0 Å². The van der Waals surface area contributed by atoms with Crippen LogP contribution in [0.1, 0.15) is 18.0 Å². The number of carbonyl (C=O) groups excluding carboxylic acids is 2. The largest absolute Gasteiger partial charge is 0.497 e. The number of anilines is 2. The van der Waals surface area contributed by atoms with Crippen LogP contribution in [0.25, 0.3) is 0 Å². The van der Waals surface area contributed by atoms with Gasteiger partial charge in [0.1, 0.15) is 5.75 Å². The van der Waals surface area contributed by atoms with Crippen LogP contribution in [0.2, 0.25) is 0 Å². The molecule has 0 radical (unpaired) electrons. The molecule has 5 N–H and O–H groups in total. The van der Waals surface area contributed by atoms with Crippen LogP contribution < -0.4 is 25.8 Å². The molecule has 10 heteroatoms. The van der Waals surface area contributed by atoms with E-state index < -0.39 is 28.0 Å². The second-order valence-electron chi connectivity index (χ2n) is 7.09. The van der Waals surface area contributed by atoms with Gasteiger partial charge in [-0.3, -0.25) is 9.52 Å². The zero-order valence-corrected chi connectivity index (χ0v) is 18.6. The van der Waals surface area contributed by atoms with Crippen molar-refractivity contribution < 1.29 is 22.7 Å². The van der Waals surface area contributed by atoms with Gasteiger partial charge in [0, 0.05) is 11.4 Å². The predicted molar refractivity (Wildman–Crippen MR) is 125 cm³/mol. The fourth-order valence-corrected chi connectivity index (χ4v) is 4.22. The Morgan fingerprint density at radius 3 is 2.27 bits per heavy atom. The molecule has 0 bridgehead atoms. The fourth-order valence-electron chi connectivity index (χ4n) is 3.12. The number of urea groups is 1. The van der Waals surface area contributed by atoms with Gasteiger partial charge in [0.15, 0.2) is 0 Å². The molecule has 0 heterocycles. The van der Waals surface area contributed by atoms with E-state index in [4.69, 9.17) is 10.5 Å². The number of hydrogen-bond acceptors (Lipinski definition) is 5. The molecular formula is C23H24N4O5S. The second kappa shape index (κ2) is 10.5. The minimum Gasteiger partial charge on any atom is -0.497 e. The third kappa shape index (κ3) is 6.71. The lowest BCUT2D eigenvalue weighted by Crippen LogP contribution is -2.35. The molecule has 0 fully saturated rings. The summed E-state index contributed by atoms with van der Waals surface area (Å²) in [6.07, 6.45) is -0.0893. The Bertz CT molecular complexity index is 1220. The van der Waals surface area contributed by atoms with E-state index in [1.54, 1.807) is 54.6 Å². The molecule has 3 amide bonds. The number of nitrogens with one attached hydrogen (secondary N) is 3. The maximum absolute atomic E-state index is 12.8. The number of sulfonamides is 1. The number of rotatable bonds is 9. The molecular weight excluding hydrogens is 444 g/mol. The monoisotopic (exact) mass is 468 g/mol. The Balaban J connectivity index is 1.71. The van der Waals surface area contributed by atoms with Gasteiger partial charge in [0.2, 0.25) is 5.91 Å². The first-order valence-corrected chi connectivity index (χ1v) is 11.4. The topological polar surface area (TPSA) is 140 Å². The Hall–Kier alpha value is -4.05. The highest BCUT2D eigenvalue weighted by Crippen LogP contribution is 2.22. The van der Waals surface area contributed by atoms with Crippen molar-refractivity contribution in [1.29, 1.82) is 0 Å². The number of primary amides is 1. The van der Waals surface area contributed by atoms with Crippen molar-refractivity contribution in [3.8, 4) is 5.75 Å². The van der Waals surface area contributed by atoms with Crippen LogP contribution in [-0.4, -0.2) is 27.5 Å². The summed E-state index contributed by atoms with van der Waals surface area (Å²) in [6.45, 7) is 0. The molecule has 0 aliphatic carbocycles. The van der Waals surface area contributed by atoms with Crippen molar-refractivity contribution in [2.24, 2.45) is 5.73 Å². The van der Waals surface area contributed by atoms with Gasteiger partial charge < -0.3 is 21.1 Å². The third-order valence-electron chi connectivity index (χ3n) is 4.68. The average Bonchev–Trinajstić information content (AvgIpc) is 2.79. The van der Waals surface area contributed by atoms with Crippen LogP contribution in [0, 0.1) is 0 Å². The minimum atomic E-state index is -3.89. The smallest absolute Gasteiger partial charge is 0.312 e. The Morgan fingerprint density at radius 1 is 0.939 bits per heavy atom. The molecule has 1 atom stereocenters. The SMILES string of the molecule is COc1ccc(NS(=O)(=O)c2cccc(NC(=O)CC(NC(N)=O)c3ccccc3)c2)cc1. The van der Waals surface area contributed by atoms with E-state index in [-0.39, 0.29) is 11.3 Å². The van der Waals surface area contributed by atoms with E-state index in [0.717, 1.165) is 0 Å². The van der Waals surface area contributed by atoms with Gasteiger partial charge in [-0.25, -0.2) is 13.2 Å². The summed E-state index contributed by atoms with van der Waals surface area (Å²) >= 11 is 0. The summed E-state index contributed by atoms with van der Waals surface area (Å²) < 4.78 is 33.1. The first kappa shape index (κ1) is 23.6. The summed E-state index contributed by atoms with van der Waals surface area (Å²) in [5, 5.41) is 5.21. The van der Waals surface area contributed by atoms with Crippen LogP contribution in [0.5, 0.6) is 5.75 Å². The maximum Gasteiger partial charge on any atom is 0.312 e. The van der Waals surface area contributed by atoms with Crippen molar-refractivity contribution in [3.63, 3.8) is 0 Å². The fraction of sp³-hybridized carbons (Fsp3) is 0.130. The van der Waals surface area contributed by atoms with Gasteiger partial charge in [0.05, 0.1) is 24.5 Å². The average molecular weight is 469 g/mol. The zero-order valence-electron chi connectivity index (χ0n) is 17.8. The first-order valence-electron chi connectivity index (χ1n) is 9.94. The molecule has 33 heavy (non-hydrogen) atoms. The Labute approximate surface area is 192 Å². The van der Waals surface area contributed by atoms with Crippen molar-refractivity contribution in [2.75, 3.05) is 17.1 Å². The zero-order chi connectivity index (χ0) is 23.8. The van der Waals surface area contributed by atoms with E-state index in [1.165, 1.54) is 25.3 Å². The van der Waals surface area contributed by atoms with Crippen molar-refractivity contribution >= 4 is 33.3 Å². The highest BCUT2D eigenvalue weighted by Gasteiger charge is 2.19. The molecule has 3 aromatic rings. The normalized spacial score (nSPS) is 11.8. The standard InChI is InChI=1S/C23H24N4O5S/c1-32-19-12-10-17(11-13-19)27-33(30,31)20-9-5-8-18(14-20)25-22(28)15-21(26-23(24)29)16-6-3-2-4-7-16/h2-14,21,27H,15H2,1H3,(H,25,28)(H3,24,26,29). The molecule has 3 aromatic carbocycles. The highest BCUT2D eigenvalue weighted by molar-refractivity contribution is 7.92. The molecule has 0 saturated heterocycles. The summed E-state index contributed by atoms with van der Waals surface area (Å²) in [4.78, 5) is 24.0. The molecule has 0 aromatic heterocycles. The van der Waals surface area contributed by atoms with Crippen LogP contribution in [-0.2, 0) is 14.8 Å². The number of methoxy groups -OCH3 is 1. The lowest BCUT2D eigenvalue weighted by molar-refractivity contribution is -0.116. The van der Waals surface area contributed by atoms with E-state index in [1.807, 2.05) is 6.07 Å². The van der Waals surface area contributed by atoms with Gasteiger partial charge >= 0.3 is 6.03 Å². The Morgan fingerprint density at radius 2 is 1.64 bits per heavy atom. The number of hydrogen-bond donors (Lipinski definition) is 4. The van der Waals surface area contributed by atoms with Crippen LogP contribution in [0.4, 0.5) is 16.2 Å². The van der Waals surface area contributed by atoms with Gasteiger partial charge in [0.25, 0.3) is 10.0 Å². The Kier molecular flexibility index (Phi) is 7.52.